The van der Waals surface area contributed by atoms with Crippen LogP contribution in [-0.4, -0.2) is 22.4 Å². The highest BCUT2D eigenvalue weighted by Gasteiger charge is 2.32. The van der Waals surface area contributed by atoms with Gasteiger partial charge in [0.25, 0.3) is 0 Å². The second-order valence-corrected chi connectivity index (χ2v) is 13.7. The van der Waals surface area contributed by atoms with E-state index in [1.807, 2.05) is 0 Å². The molecule has 2 nitrogen and oxygen atoms in total. The normalized spacial score (nSPS) is 25.0. The van der Waals surface area contributed by atoms with Gasteiger partial charge >= 0.3 is 0 Å². The summed E-state index contributed by atoms with van der Waals surface area (Å²) in [6.07, 6.45) is 32.6. The number of allylic oxidation sites excluding steroid dienone is 20. The van der Waals surface area contributed by atoms with E-state index < -0.39 is 0 Å². The van der Waals surface area contributed by atoms with E-state index in [9.17, 15) is 10.2 Å². The second-order valence-electron chi connectivity index (χ2n) is 13.7. The highest BCUT2D eigenvalue weighted by atomic mass is 16.3. The fourth-order valence-corrected chi connectivity index (χ4v) is 6.13. The zero-order chi connectivity index (χ0) is 31.5. The molecular formula is C40H56O2. The zero-order valence-corrected chi connectivity index (χ0v) is 28.0. The lowest BCUT2D eigenvalue weighted by Crippen LogP contribution is -2.28. The molecule has 0 bridgehead atoms. The van der Waals surface area contributed by atoms with E-state index in [1.54, 1.807) is 0 Å². The quantitative estimate of drug-likeness (QED) is 0.202. The van der Waals surface area contributed by atoms with Crippen molar-refractivity contribution in [3.8, 4) is 0 Å². The summed E-state index contributed by atoms with van der Waals surface area (Å²) in [5, 5.41) is 20.2. The van der Waals surface area contributed by atoms with Crippen molar-refractivity contribution in [1.82, 2.24) is 0 Å². The van der Waals surface area contributed by atoms with E-state index in [0.717, 1.165) is 25.7 Å². The molecule has 2 aliphatic carbocycles. The third kappa shape index (κ3) is 11.7. The average molecular weight is 573 g/mol. The smallest absolute Gasteiger partial charge is 0.0585 e. The summed E-state index contributed by atoms with van der Waals surface area (Å²) < 4.78 is 0. The third-order valence-electron chi connectivity index (χ3n) is 8.24. The Morgan fingerprint density at radius 1 is 0.548 bits per heavy atom. The molecule has 2 aliphatic rings. The molecule has 2 atom stereocenters. The SMILES string of the molecule is CC1=C(/C=C/C(C)=C/C=[13CH]/[13C](C)=C/C=C/C=[13C](C)/[13CH]=C/C=C(C)/C=C/C2=C(C)C[C@@H](O)CC2(C)C)C(C)(C)C[C@H](O)C1. The first-order chi connectivity index (χ1) is 19.6. The molecule has 228 valence electrons. The number of hydrogen-bond donors (Lipinski definition) is 2. The lowest BCUT2D eigenvalue weighted by molar-refractivity contribution is 0.116. The Morgan fingerprint density at radius 2 is 0.857 bits per heavy atom. The highest BCUT2D eigenvalue weighted by molar-refractivity contribution is 5.39. The van der Waals surface area contributed by atoms with Gasteiger partial charge < -0.3 is 10.2 Å². The molecule has 2 rings (SSSR count). The minimum absolute atomic E-state index is 0.00547. The fourth-order valence-electron chi connectivity index (χ4n) is 6.13. The van der Waals surface area contributed by atoms with Crippen LogP contribution < -0.4 is 0 Å². The van der Waals surface area contributed by atoms with Crippen LogP contribution in [0.5, 0.6) is 0 Å². The minimum atomic E-state index is -0.227. The van der Waals surface area contributed by atoms with Crippen molar-refractivity contribution in [3.63, 3.8) is 0 Å². The molecular weight excluding hydrogens is 516 g/mol. The molecule has 0 saturated heterocycles. The van der Waals surface area contributed by atoms with Crippen molar-refractivity contribution in [2.45, 2.75) is 107 Å². The van der Waals surface area contributed by atoms with Gasteiger partial charge in [0.1, 0.15) is 0 Å². The molecule has 42 heavy (non-hydrogen) atoms. The van der Waals surface area contributed by atoms with Crippen LogP contribution in [0, 0.1) is 10.8 Å². The monoisotopic (exact) mass is 572 g/mol. The molecule has 0 aromatic carbocycles. The van der Waals surface area contributed by atoms with Crippen LogP contribution in [0.25, 0.3) is 0 Å². The van der Waals surface area contributed by atoms with Crippen molar-refractivity contribution in [1.29, 1.82) is 0 Å². The van der Waals surface area contributed by atoms with Gasteiger partial charge in [-0.15, -0.1) is 0 Å². The minimum Gasteiger partial charge on any atom is -0.393 e. The van der Waals surface area contributed by atoms with E-state index >= 15 is 0 Å². The van der Waals surface area contributed by atoms with Gasteiger partial charge in [-0.2, -0.15) is 0 Å². The van der Waals surface area contributed by atoms with Crippen LogP contribution in [0.1, 0.15) is 94.9 Å². The van der Waals surface area contributed by atoms with Gasteiger partial charge in [-0.25, -0.2) is 0 Å². The average Bonchev–Trinajstić information content (AvgIpc) is 2.84. The Morgan fingerprint density at radius 3 is 1.19 bits per heavy atom. The molecule has 2 N–H and O–H groups in total. The van der Waals surface area contributed by atoms with Crippen molar-refractivity contribution in [2.75, 3.05) is 0 Å². The van der Waals surface area contributed by atoms with Crippen LogP contribution in [0.4, 0.5) is 0 Å². The van der Waals surface area contributed by atoms with E-state index in [4.69, 9.17) is 0 Å². The summed E-state index contributed by atoms with van der Waals surface area (Å²) in [5.74, 6) is 0. The van der Waals surface area contributed by atoms with Gasteiger partial charge in [0.2, 0.25) is 0 Å². The summed E-state index contributed by atoms with van der Waals surface area (Å²) in [6.45, 7) is 21.6. The fraction of sp³-hybridized carbons (Fsp3) is 0.450. The van der Waals surface area contributed by atoms with Gasteiger partial charge in [-0.1, -0.05) is 146 Å². The molecule has 0 heterocycles. The Labute approximate surface area is 257 Å². The van der Waals surface area contributed by atoms with Gasteiger partial charge in [0, 0.05) is 0 Å². The lowest BCUT2D eigenvalue weighted by Gasteiger charge is -2.35. The maximum atomic E-state index is 10.1. The first-order valence-electron chi connectivity index (χ1n) is 15.5. The zero-order valence-electron chi connectivity index (χ0n) is 28.0. The molecule has 0 radical (unpaired) electrons. The lowest BCUT2D eigenvalue weighted by atomic mass is 9.71. The molecule has 0 fully saturated rings. The largest absolute Gasteiger partial charge is 0.393 e. The van der Waals surface area contributed by atoms with Crippen molar-refractivity contribution in [3.05, 3.63) is 130 Å². The highest BCUT2D eigenvalue weighted by Crippen LogP contribution is 2.42. The van der Waals surface area contributed by atoms with Crippen LogP contribution in [0.2, 0.25) is 0 Å². The summed E-state index contributed by atoms with van der Waals surface area (Å²) in [5.41, 5.74) is 10.1. The molecule has 0 aromatic heterocycles. The third-order valence-corrected chi connectivity index (χ3v) is 8.24. The number of rotatable bonds is 10. The summed E-state index contributed by atoms with van der Waals surface area (Å²) >= 11 is 0. The summed E-state index contributed by atoms with van der Waals surface area (Å²) in [6, 6.07) is 0. The number of aliphatic hydroxyl groups excluding tert-OH is 2. The van der Waals surface area contributed by atoms with E-state index in [1.165, 1.54) is 44.6 Å². The molecule has 0 aliphatic heterocycles. The van der Waals surface area contributed by atoms with E-state index in [2.05, 4.69) is 154 Å². The maximum absolute atomic E-state index is 10.1. The Kier molecular flexibility index (Phi) is 13.5. The van der Waals surface area contributed by atoms with Crippen molar-refractivity contribution in [2.24, 2.45) is 10.8 Å². The maximum Gasteiger partial charge on any atom is 0.0585 e. The predicted molar refractivity (Wildman–Crippen MR) is 184 cm³/mol. The molecule has 0 saturated carbocycles. The Balaban J connectivity index is 1.90. The predicted octanol–water partition coefficient (Wildman–Crippen LogP) is 10.5. The van der Waals surface area contributed by atoms with Crippen LogP contribution in [0.3, 0.4) is 0 Å². The van der Waals surface area contributed by atoms with Crippen molar-refractivity contribution < 1.29 is 10.2 Å². The first kappa shape index (κ1) is 35.3. The van der Waals surface area contributed by atoms with E-state index in [0.29, 0.717) is 0 Å². The molecule has 0 aromatic rings. The topological polar surface area (TPSA) is 40.5 Å². The van der Waals surface area contributed by atoms with E-state index in [-0.39, 0.29) is 23.0 Å². The summed E-state index contributed by atoms with van der Waals surface area (Å²) in [4.78, 5) is 0. The molecule has 0 spiro atoms. The standard InChI is InChI=1S/C40H56O2/c1-29(17-13-19-31(3)21-23-37-33(5)25-35(41)27-39(37,7)8)15-11-12-16-30(2)18-14-20-32(4)22-24-38-34(6)26-36(42)28-40(38,9)10/h11-24,35-36,41-42H,25-28H2,1-10H3/b12-11+,17-13+,18-14+,23-21+,24-22+,29-15+,30-16+,31-19+,32-20+/t35-,36-/m1/s1/i17+1,18+1,29+1,30+1. The van der Waals surface area contributed by atoms with Crippen molar-refractivity contribution >= 4 is 0 Å². The first-order valence-corrected chi connectivity index (χ1v) is 15.5. The van der Waals surface area contributed by atoms with Crippen LogP contribution >= 0.6 is 0 Å². The van der Waals surface area contributed by atoms with Gasteiger partial charge in [-0.05, 0) is 89.2 Å². The summed E-state index contributed by atoms with van der Waals surface area (Å²) in [7, 11) is 0. The van der Waals surface area contributed by atoms with Gasteiger partial charge in [-0.3, -0.25) is 0 Å². The number of hydrogen-bond acceptors (Lipinski definition) is 2. The second kappa shape index (κ2) is 16.1. The Bertz CT molecular complexity index is 1190. The molecule has 0 amide bonds. The van der Waals surface area contributed by atoms with Gasteiger partial charge in [0.05, 0.1) is 12.2 Å². The van der Waals surface area contributed by atoms with Crippen LogP contribution in [0.15, 0.2) is 130 Å². The Hall–Kier alpha value is -2.94. The molecule has 2 heteroatoms. The van der Waals surface area contributed by atoms with Gasteiger partial charge in [0.15, 0.2) is 0 Å². The van der Waals surface area contributed by atoms with Crippen LogP contribution in [-0.2, 0) is 0 Å². The molecule has 0 unspecified atom stereocenters. The number of aliphatic hydroxyl groups is 2.